The molecule has 0 spiro atoms. The van der Waals surface area contributed by atoms with Gasteiger partial charge in [-0.2, -0.15) is 0 Å². The second kappa shape index (κ2) is 5.81. The molecule has 2 heteroatoms. The zero-order valence-corrected chi connectivity index (χ0v) is 12.1. The number of aryl methyl sites for hydroxylation is 2. The molecule has 1 aromatic rings. The zero-order chi connectivity index (χ0) is 12.3. The molecule has 0 fully saturated rings. The molecule has 16 heavy (non-hydrogen) atoms. The van der Waals surface area contributed by atoms with Crippen LogP contribution < -0.4 is 0 Å². The summed E-state index contributed by atoms with van der Waals surface area (Å²) in [6.07, 6.45) is 2.37. The summed E-state index contributed by atoms with van der Waals surface area (Å²) in [5, 5.41) is 0. The molecule has 1 rings (SSSR count). The first-order chi connectivity index (χ1) is 7.47. The van der Waals surface area contributed by atoms with Gasteiger partial charge >= 0.3 is 0 Å². The Kier molecular flexibility index (Phi) is 4.97. The lowest BCUT2D eigenvalue weighted by atomic mass is 9.94. The van der Waals surface area contributed by atoms with E-state index in [4.69, 9.17) is 0 Å². The van der Waals surface area contributed by atoms with Crippen molar-refractivity contribution in [2.45, 2.75) is 45.4 Å². The van der Waals surface area contributed by atoms with Crippen molar-refractivity contribution in [2.24, 2.45) is 5.92 Å². The minimum absolute atomic E-state index is 0.0772. The maximum Gasteiger partial charge on any atom is 0.129 e. The van der Waals surface area contributed by atoms with E-state index in [1.165, 1.54) is 18.4 Å². The Morgan fingerprint density at radius 3 is 2.19 bits per heavy atom. The lowest BCUT2D eigenvalue weighted by Crippen LogP contribution is -2.04. The minimum atomic E-state index is -0.0772. The van der Waals surface area contributed by atoms with E-state index in [9.17, 15) is 4.39 Å². The van der Waals surface area contributed by atoms with Gasteiger partial charge in [0.15, 0.2) is 0 Å². The number of hydrogen-bond acceptors (Lipinski definition) is 0. The summed E-state index contributed by atoms with van der Waals surface area (Å²) in [7, 11) is 0. The van der Waals surface area contributed by atoms with Crippen molar-refractivity contribution in [3.05, 3.63) is 34.6 Å². The molecule has 0 aliphatic heterocycles. The van der Waals surface area contributed by atoms with Gasteiger partial charge in [-0.25, -0.2) is 4.39 Å². The lowest BCUT2D eigenvalue weighted by Gasteiger charge is -2.19. The number of halogens is 2. The van der Waals surface area contributed by atoms with Crippen LogP contribution in [0.2, 0.25) is 0 Å². The largest absolute Gasteiger partial charge is 0.206 e. The van der Waals surface area contributed by atoms with Crippen molar-refractivity contribution in [2.75, 3.05) is 0 Å². The van der Waals surface area contributed by atoms with Gasteiger partial charge in [0.25, 0.3) is 0 Å². The van der Waals surface area contributed by atoms with Crippen LogP contribution in [0, 0.1) is 25.6 Å². The second-order valence-corrected chi connectivity index (χ2v) is 5.62. The Bertz CT molecular complexity index is 337. The maximum absolute atomic E-state index is 13.5. The fraction of sp³-hybridized carbons (Fsp3) is 0.571. The third kappa shape index (κ3) is 3.07. The van der Waals surface area contributed by atoms with Crippen molar-refractivity contribution >= 4 is 15.9 Å². The highest BCUT2D eigenvalue weighted by Gasteiger charge is 2.17. The fourth-order valence-electron chi connectivity index (χ4n) is 2.07. The predicted molar refractivity (Wildman–Crippen MR) is 71.6 cm³/mol. The highest BCUT2D eigenvalue weighted by Crippen LogP contribution is 2.34. The molecule has 0 aromatic heterocycles. The van der Waals surface area contributed by atoms with Crippen LogP contribution in [0.4, 0.5) is 4.39 Å². The molecule has 0 heterocycles. The Balaban J connectivity index is 2.96. The van der Waals surface area contributed by atoms with E-state index in [1.807, 2.05) is 26.0 Å². The van der Waals surface area contributed by atoms with Crippen LogP contribution in [-0.4, -0.2) is 0 Å². The molecule has 0 N–H and O–H groups in total. The summed E-state index contributed by atoms with van der Waals surface area (Å²) in [6, 6.07) is 3.90. The Hall–Kier alpha value is -0.370. The minimum Gasteiger partial charge on any atom is -0.206 e. The van der Waals surface area contributed by atoms with Crippen molar-refractivity contribution in [1.29, 1.82) is 0 Å². The van der Waals surface area contributed by atoms with Crippen molar-refractivity contribution < 1.29 is 4.39 Å². The predicted octanol–water partition coefficient (Wildman–Crippen LogP) is 5.31. The Labute approximate surface area is 106 Å². The fourth-order valence-corrected chi connectivity index (χ4v) is 2.60. The van der Waals surface area contributed by atoms with Crippen LogP contribution >= 0.6 is 15.9 Å². The highest BCUT2D eigenvalue weighted by atomic mass is 79.9. The standard InChI is InChI=1S/C14H20BrF/c1-5-6-9(2)13(15)12-7-10(3)14(16)11(4)8-12/h7-9,13H,5-6H2,1-4H3. The normalized spacial score (nSPS) is 14.9. The molecule has 0 nitrogen and oxygen atoms in total. The van der Waals surface area contributed by atoms with E-state index in [0.717, 1.165) is 11.1 Å². The van der Waals surface area contributed by atoms with Gasteiger partial charge in [-0.15, -0.1) is 0 Å². The third-order valence-corrected chi connectivity index (χ3v) is 4.45. The van der Waals surface area contributed by atoms with Gasteiger partial charge in [-0.05, 0) is 42.9 Å². The van der Waals surface area contributed by atoms with Crippen LogP contribution in [0.5, 0.6) is 0 Å². The van der Waals surface area contributed by atoms with Gasteiger partial charge < -0.3 is 0 Å². The molecule has 0 aliphatic carbocycles. The van der Waals surface area contributed by atoms with E-state index in [2.05, 4.69) is 29.8 Å². The summed E-state index contributed by atoms with van der Waals surface area (Å²) in [6.45, 7) is 8.08. The molecule has 90 valence electrons. The monoisotopic (exact) mass is 286 g/mol. The van der Waals surface area contributed by atoms with Gasteiger partial charge in [0.2, 0.25) is 0 Å². The number of rotatable bonds is 4. The van der Waals surface area contributed by atoms with Crippen molar-refractivity contribution in [1.82, 2.24) is 0 Å². The number of benzene rings is 1. The highest BCUT2D eigenvalue weighted by molar-refractivity contribution is 9.09. The van der Waals surface area contributed by atoms with Crippen LogP contribution in [0.1, 0.15) is 48.2 Å². The van der Waals surface area contributed by atoms with E-state index < -0.39 is 0 Å². The molecule has 0 radical (unpaired) electrons. The molecule has 0 saturated heterocycles. The van der Waals surface area contributed by atoms with Crippen molar-refractivity contribution in [3.63, 3.8) is 0 Å². The summed E-state index contributed by atoms with van der Waals surface area (Å²) in [5.74, 6) is 0.501. The molecule has 0 saturated carbocycles. The molecule has 2 unspecified atom stereocenters. The van der Waals surface area contributed by atoms with E-state index in [1.54, 1.807) is 0 Å². The van der Waals surface area contributed by atoms with E-state index in [-0.39, 0.29) is 5.82 Å². The quantitative estimate of drug-likeness (QED) is 0.658. The molecule has 1 aromatic carbocycles. The average molecular weight is 287 g/mol. The number of hydrogen-bond donors (Lipinski definition) is 0. The van der Waals surface area contributed by atoms with Gasteiger partial charge in [0.1, 0.15) is 5.82 Å². The SMILES string of the molecule is CCCC(C)C(Br)c1cc(C)c(F)c(C)c1. The summed E-state index contributed by atoms with van der Waals surface area (Å²) < 4.78 is 13.5. The van der Waals surface area contributed by atoms with Crippen LogP contribution in [0.15, 0.2) is 12.1 Å². The van der Waals surface area contributed by atoms with E-state index in [0.29, 0.717) is 10.7 Å². The average Bonchev–Trinajstić information content (AvgIpc) is 2.24. The van der Waals surface area contributed by atoms with Gasteiger partial charge in [-0.1, -0.05) is 48.3 Å². The molecule has 0 aliphatic rings. The number of alkyl halides is 1. The summed E-state index contributed by atoms with van der Waals surface area (Å²) in [5.41, 5.74) is 2.67. The van der Waals surface area contributed by atoms with Gasteiger partial charge in [0, 0.05) is 4.83 Å². The molecule has 0 amide bonds. The summed E-state index contributed by atoms with van der Waals surface area (Å²) >= 11 is 3.72. The summed E-state index contributed by atoms with van der Waals surface area (Å²) in [4.78, 5) is 0.324. The molecule has 0 bridgehead atoms. The van der Waals surface area contributed by atoms with Crippen LogP contribution in [-0.2, 0) is 0 Å². The molecular weight excluding hydrogens is 267 g/mol. The zero-order valence-electron chi connectivity index (χ0n) is 10.5. The maximum atomic E-state index is 13.5. The topological polar surface area (TPSA) is 0 Å². The van der Waals surface area contributed by atoms with Gasteiger partial charge in [0.05, 0.1) is 0 Å². The van der Waals surface area contributed by atoms with E-state index >= 15 is 0 Å². The lowest BCUT2D eigenvalue weighted by molar-refractivity contribution is 0.517. The second-order valence-electron chi connectivity index (χ2n) is 4.64. The van der Waals surface area contributed by atoms with Crippen LogP contribution in [0.3, 0.4) is 0 Å². The smallest absolute Gasteiger partial charge is 0.129 e. The Morgan fingerprint density at radius 1 is 1.25 bits per heavy atom. The van der Waals surface area contributed by atoms with Crippen molar-refractivity contribution in [3.8, 4) is 0 Å². The van der Waals surface area contributed by atoms with Gasteiger partial charge in [-0.3, -0.25) is 0 Å². The first-order valence-electron chi connectivity index (χ1n) is 5.88. The molecule has 2 atom stereocenters. The van der Waals surface area contributed by atoms with Crippen LogP contribution in [0.25, 0.3) is 0 Å². The Morgan fingerprint density at radius 2 is 1.75 bits per heavy atom. The molecular formula is C14H20BrF. The first-order valence-corrected chi connectivity index (χ1v) is 6.79. The third-order valence-electron chi connectivity index (χ3n) is 3.02. The first kappa shape index (κ1) is 13.7.